The molecule has 0 N–H and O–H groups in total. The van der Waals surface area contributed by atoms with E-state index in [2.05, 4.69) is 0 Å². The smallest absolute Gasteiger partial charge is 0.335 e. The average Bonchev–Trinajstić information content (AvgIpc) is 2.91. The second kappa shape index (κ2) is 6.27. The highest BCUT2D eigenvalue weighted by atomic mass is 32.2. The number of benzene rings is 1. The first-order chi connectivity index (χ1) is 12.9. The normalized spacial score (nSPS) is 28.1. The minimum absolute atomic E-state index is 0.178. The number of esters is 2. The van der Waals surface area contributed by atoms with Gasteiger partial charge in [-0.25, -0.2) is 4.79 Å². The van der Waals surface area contributed by atoms with Crippen molar-refractivity contribution in [2.24, 2.45) is 5.10 Å². The molecule has 1 aromatic rings. The van der Waals surface area contributed by atoms with Gasteiger partial charge in [-0.3, -0.25) is 9.80 Å². The van der Waals surface area contributed by atoms with Crippen molar-refractivity contribution in [1.29, 1.82) is 0 Å². The summed E-state index contributed by atoms with van der Waals surface area (Å²) >= 11 is 1.26. The molecular weight excluding hydrogens is 364 g/mol. The van der Waals surface area contributed by atoms with Crippen molar-refractivity contribution in [2.75, 3.05) is 14.2 Å². The molecule has 3 unspecified atom stereocenters. The summed E-state index contributed by atoms with van der Waals surface area (Å²) in [5.41, 5.74) is 3.39. The standard InChI is InChI=1S/C20H20N2O4S/c1-11-5-7-13(8-6-11)17-21-22-15-10-14(18(23)25-3)20(27-17,19(24)26-4)16(22)9-12(15)2/h5-10,15-16H,1-4H3. The highest BCUT2D eigenvalue weighted by Gasteiger charge is 2.63. The Bertz CT molecular complexity index is 918. The largest absolute Gasteiger partial charge is 0.468 e. The third-order valence-corrected chi connectivity index (χ3v) is 6.72. The first-order valence-electron chi connectivity index (χ1n) is 8.62. The average molecular weight is 384 g/mol. The number of nitrogens with zero attached hydrogens (tertiary/aromatic N) is 2. The van der Waals surface area contributed by atoms with Crippen LogP contribution in [0.2, 0.25) is 0 Å². The highest BCUT2D eigenvalue weighted by molar-refractivity contribution is 8.16. The van der Waals surface area contributed by atoms with Crippen molar-refractivity contribution in [1.82, 2.24) is 5.01 Å². The number of ether oxygens (including phenoxy) is 2. The summed E-state index contributed by atoms with van der Waals surface area (Å²) in [6.07, 6.45) is 3.77. The van der Waals surface area contributed by atoms with Crippen LogP contribution in [0.25, 0.3) is 0 Å². The lowest BCUT2D eigenvalue weighted by Crippen LogP contribution is -2.61. The van der Waals surface area contributed by atoms with E-state index in [1.165, 1.54) is 26.0 Å². The van der Waals surface area contributed by atoms with Gasteiger partial charge in [0.1, 0.15) is 5.04 Å². The third kappa shape index (κ3) is 2.45. The Morgan fingerprint density at radius 2 is 1.81 bits per heavy atom. The fourth-order valence-corrected chi connectivity index (χ4v) is 5.26. The molecule has 0 saturated carbocycles. The Kier molecular flexibility index (Phi) is 4.14. The Hall–Kier alpha value is -2.54. The molecule has 1 aromatic carbocycles. The van der Waals surface area contributed by atoms with E-state index in [-0.39, 0.29) is 6.04 Å². The summed E-state index contributed by atoms with van der Waals surface area (Å²) in [5.74, 6) is -1.00. The summed E-state index contributed by atoms with van der Waals surface area (Å²) in [4.78, 5) is 25.7. The van der Waals surface area contributed by atoms with Crippen LogP contribution in [0.4, 0.5) is 0 Å². The number of thioether (sulfide) groups is 1. The van der Waals surface area contributed by atoms with Crippen LogP contribution in [0.15, 0.2) is 52.7 Å². The number of carbonyl (C=O) groups is 2. The summed E-state index contributed by atoms with van der Waals surface area (Å²) in [5, 5.41) is 7.39. The molecule has 0 radical (unpaired) electrons. The van der Waals surface area contributed by atoms with Gasteiger partial charge in [-0.2, -0.15) is 5.10 Å². The van der Waals surface area contributed by atoms with Crippen molar-refractivity contribution < 1.29 is 19.1 Å². The van der Waals surface area contributed by atoms with Gasteiger partial charge in [0.25, 0.3) is 0 Å². The molecule has 3 aliphatic rings. The van der Waals surface area contributed by atoms with Crippen LogP contribution < -0.4 is 0 Å². The van der Waals surface area contributed by atoms with Crippen molar-refractivity contribution in [3.63, 3.8) is 0 Å². The molecule has 0 fully saturated rings. The molecule has 6 nitrogen and oxygen atoms in total. The maximum absolute atomic E-state index is 13.1. The lowest BCUT2D eigenvalue weighted by atomic mass is 9.87. The van der Waals surface area contributed by atoms with Gasteiger partial charge < -0.3 is 9.47 Å². The molecule has 4 rings (SSSR count). The fourth-order valence-electron chi connectivity index (χ4n) is 3.84. The molecule has 7 heteroatoms. The molecule has 4 bridgehead atoms. The van der Waals surface area contributed by atoms with Crippen LogP contribution in [0.1, 0.15) is 18.1 Å². The highest BCUT2D eigenvalue weighted by Crippen LogP contribution is 2.53. The van der Waals surface area contributed by atoms with Gasteiger partial charge in [0.05, 0.1) is 31.9 Å². The molecule has 3 aliphatic heterocycles. The lowest BCUT2D eigenvalue weighted by Gasteiger charge is -2.47. The van der Waals surface area contributed by atoms with Crippen molar-refractivity contribution >= 4 is 28.7 Å². The topological polar surface area (TPSA) is 68.2 Å². The van der Waals surface area contributed by atoms with E-state index >= 15 is 0 Å². The molecule has 27 heavy (non-hydrogen) atoms. The van der Waals surface area contributed by atoms with Crippen molar-refractivity contribution in [2.45, 2.75) is 30.7 Å². The maximum atomic E-state index is 13.1. The Morgan fingerprint density at radius 3 is 2.44 bits per heavy atom. The van der Waals surface area contributed by atoms with E-state index in [1.807, 2.05) is 49.2 Å². The molecule has 3 heterocycles. The molecule has 0 spiro atoms. The van der Waals surface area contributed by atoms with Gasteiger partial charge in [0, 0.05) is 5.56 Å². The van der Waals surface area contributed by atoms with E-state index in [9.17, 15) is 9.59 Å². The summed E-state index contributed by atoms with van der Waals surface area (Å²) in [6, 6.07) is 7.36. The van der Waals surface area contributed by atoms with Crippen LogP contribution in [-0.2, 0) is 19.1 Å². The Labute approximate surface area is 161 Å². The number of hydrazone groups is 1. The van der Waals surface area contributed by atoms with E-state index in [0.29, 0.717) is 10.6 Å². The zero-order valence-electron chi connectivity index (χ0n) is 15.6. The predicted octanol–water partition coefficient (Wildman–Crippen LogP) is 2.43. The van der Waals surface area contributed by atoms with Gasteiger partial charge >= 0.3 is 11.9 Å². The van der Waals surface area contributed by atoms with E-state index in [1.54, 1.807) is 6.08 Å². The molecular formula is C20H20N2O4S. The van der Waals surface area contributed by atoms with E-state index < -0.39 is 22.7 Å². The van der Waals surface area contributed by atoms with Crippen LogP contribution in [0.3, 0.4) is 0 Å². The number of hydrogen-bond donors (Lipinski definition) is 0. The lowest BCUT2D eigenvalue weighted by molar-refractivity contribution is -0.147. The number of methoxy groups -OCH3 is 2. The van der Waals surface area contributed by atoms with Gasteiger partial charge in [0.2, 0.25) is 0 Å². The summed E-state index contributed by atoms with van der Waals surface area (Å²) < 4.78 is 8.92. The zero-order chi connectivity index (χ0) is 19.3. The monoisotopic (exact) mass is 384 g/mol. The fraction of sp³-hybridized carbons (Fsp3) is 0.350. The molecule has 0 amide bonds. The predicted molar refractivity (Wildman–Crippen MR) is 103 cm³/mol. The van der Waals surface area contributed by atoms with Crippen LogP contribution in [-0.4, -0.2) is 53.0 Å². The van der Waals surface area contributed by atoms with Crippen molar-refractivity contribution in [3.05, 3.63) is 58.7 Å². The number of carbonyl (C=O) groups excluding carboxylic acids is 2. The van der Waals surface area contributed by atoms with Gasteiger partial charge in [0.15, 0.2) is 4.75 Å². The maximum Gasteiger partial charge on any atom is 0.335 e. The number of rotatable bonds is 3. The summed E-state index contributed by atoms with van der Waals surface area (Å²) in [6.45, 7) is 3.99. The number of hydrogen-bond acceptors (Lipinski definition) is 7. The van der Waals surface area contributed by atoms with Gasteiger partial charge in [-0.15, -0.1) is 0 Å². The van der Waals surface area contributed by atoms with E-state index in [4.69, 9.17) is 14.6 Å². The van der Waals surface area contributed by atoms with Gasteiger partial charge in [-0.05, 0) is 25.5 Å². The number of aryl methyl sites for hydroxylation is 1. The van der Waals surface area contributed by atoms with Crippen LogP contribution >= 0.6 is 11.8 Å². The summed E-state index contributed by atoms with van der Waals surface area (Å²) in [7, 11) is 2.66. The first-order valence-corrected chi connectivity index (χ1v) is 9.44. The Morgan fingerprint density at radius 1 is 1.11 bits per heavy atom. The molecule has 3 atom stereocenters. The van der Waals surface area contributed by atoms with Crippen LogP contribution in [0.5, 0.6) is 0 Å². The quantitative estimate of drug-likeness (QED) is 0.589. The molecule has 0 saturated heterocycles. The second-order valence-corrected chi connectivity index (χ2v) is 8.09. The minimum atomic E-state index is -1.25. The molecule has 0 aliphatic carbocycles. The van der Waals surface area contributed by atoms with Gasteiger partial charge in [-0.1, -0.05) is 47.7 Å². The molecule has 0 aromatic heterocycles. The Balaban J connectivity index is 1.91. The first kappa shape index (κ1) is 17.9. The van der Waals surface area contributed by atoms with Crippen LogP contribution in [0, 0.1) is 6.92 Å². The third-order valence-electron chi connectivity index (χ3n) is 5.25. The second-order valence-electron chi connectivity index (χ2n) is 6.85. The minimum Gasteiger partial charge on any atom is -0.468 e. The van der Waals surface area contributed by atoms with E-state index in [0.717, 1.165) is 16.7 Å². The SMILES string of the molecule is COC(=O)C1=CC2C(C)=CC3N2N=C(c2ccc(C)cc2)SC13C(=O)OC. The van der Waals surface area contributed by atoms with Crippen molar-refractivity contribution in [3.8, 4) is 0 Å². The molecule has 140 valence electrons. The zero-order valence-corrected chi connectivity index (χ0v) is 16.4.